The molecule has 0 radical (unpaired) electrons. The number of nitrogen functional groups attached to an aromatic ring is 1. The molecule has 5 heteroatoms. The molecule has 0 amide bonds. The average molecular weight is 375 g/mol. The average Bonchev–Trinajstić information content (AvgIpc) is 2.36. The van der Waals surface area contributed by atoms with Crippen molar-refractivity contribution in [3.05, 3.63) is 15.6 Å². The number of rotatable bonds is 3. The van der Waals surface area contributed by atoms with Crippen molar-refractivity contribution in [1.29, 1.82) is 0 Å². The molecule has 0 spiro atoms. The lowest BCUT2D eigenvalue weighted by atomic mass is 9.70. The summed E-state index contributed by atoms with van der Waals surface area (Å²) in [5.41, 5.74) is 5.96. The van der Waals surface area contributed by atoms with Gasteiger partial charge in [0.1, 0.15) is 11.4 Å². The minimum absolute atomic E-state index is 0.345. The summed E-state index contributed by atoms with van der Waals surface area (Å²) < 4.78 is 6.95. The predicted octanol–water partition coefficient (Wildman–Crippen LogP) is 3.50. The second-order valence-electron chi connectivity index (χ2n) is 6.02. The van der Waals surface area contributed by atoms with E-state index in [4.69, 9.17) is 10.5 Å². The maximum atomic E-state index is 6.06. The third-order valence-electron chi connectivity index (χ3n) is 4.01. The Bertz CT molecular complexity index is 452. The third-order valence-corrected chi connectivity index (χ3v) is 4.84. The molecule has 1 aromatic heterocycles. The molecule has 0 bridgehead atoms. The number of aromatic nitrogens is 2. The monoisotopic (exact) mass is 375 g/mol. The first-order valence-corrected chi connectivity index (χ1v) is 7.89. The lowest BCUT2D eigenvalue weighted by Crippen LogP contribution is -2.39. The van der Waals surface area contributed by atoms with E-state index < -0.39 is 0 Å². The molecule has 1 heterocycles. The van der Waals surface area contributed by atoms with Crippen LogP contribution in [0.3, 0.4) is 0 Å². The number of hydrogen-bond acceptors (Lipinski definition) is 4. The van der Waals surface area contributed by atoms with Gasteiger partial charge in [0.15, 0.2) is 5.82 Å². The highest BCUT2D eigenvalue weighted by atomic mass is 127. The normalized spacial score (nSPS) is 21.3. The van der Waals surface area contributed by atoms with Crippen molar-refractivity contribution in [3.63, 3.8) is 0 Å². The topological polar surface area (TPSA) is 61.0 Å². The van der Waals surface area contributed by atoms with Crippen molar-refractivity contribution in [2.45, 2.75) is 52.1 Å². The Labute approximate surface area is 128 Å². The largest absolute Gasteiger partial charge is 0.383 e. The van der Waals surface area contributed by atoms with Crippen LogP contribution in [0, 0.1) is 8.99 Å². The molecular weight excluding hydrogens is 353 g/mol. The van der Waals surface area contributed by atoms with Gasteiger partial charge in [-0.2, -0.15) is 0 Å². The first-order chi connectivity index (χ1) is 8.88. The summed E-state index contributed by atoms with van der Waals surface area (Å²) in [5, 5.41) is 0. The second-order valence-corrected chi connectivity index (χ2v) is 7.18. The van der Waals surface area contributed by atoms with Crippen molar-refractivity contribution < 1.29 is 4.74 Å². The zero-order valence-corrected chi connectivity index (χ0v) is 14.0. The number of nitrogens with two attached hydrogens (primary N) is 1. The molecule has 1 fully saturated rings. The van der Waals surface area contributed by atoms with Gasteiger partial charge in [-0.1, -0.05) is 13.8 Å². The van der Waals surface area contributed by atoms with E-state index in [0.29, 0.717) is 17.8 Å². The lowest BCUT2D eigenvalue weighted by Gasteiger charge is -2.42. The van der Waals surface area contributed by atoms with E-state index >= 15 is 0 Å². The molecule has 1 saturated carbocycles. The Morgan fingerprint density at radius 2 is 1.95 bits per heavy atom. The van der Waals surface area contributed by atoms with E-state index in [1.54, 1.807) is 6.20 Å². The van der Waals surface area contributed by atoms with Gasteiger partial charge in [-0.05, 0) is 60.6 Å². The summed E-state index contributed by atoms with van der Waals surface area (Å²) in [4.78, 5) is 8.95. The van der Waals surface area contributed by atoms with Crippen LogP contribution in [0.5, 0.6) is 0 Å². The molecule has 0 atom stereocenters. The van der Waals surface area contributed by atoms with Crippen LogP contribution >= 0.6 is 22.6 Å². The van der Waals surface area contributed by atoms with Gasteiger partial charge < -0.3 is 10.5 Å². The third kappa shape index (κ3) is 3.18. The van der Waals surface area contributed by atoms with E-state index in [-0.39, 0.29) is 5.60 Å². The van der Waals surface area contributed by atoms with Crippen molar-refractivity contribution in [2.24, 2.45) is 5.41 Å². The number of anilines is 1. The van der Waals surface area contributed by atoms with Crippen LogP contribution in [0.2, 0.25) is 0 Å². The van der Waals surface area contributed by atoms with Crippen molar-refractivity contribution >= 4 is 28.4 Å². The van der Waals surface area contributed by atoms with Crippen molar-refractivity contribution in [2.75, 3.05) is 12.3 Å². The predicted molar refractivity (Wildman–Crippen MR) is 84.7 cm³/mol. The van der Waals surface area contributed by atoms with E-state index in [0.717, 1.165) is 35.1 Å². The van der Waals surface area contributed by atoms with Crippen LogP contribution in [-0.4, -0.2) is 16.6 Å². The molecule has 0 saturated heterocycles. The van der Waals surface area contributed by atoms with E-state index in [2.05, 4.69) is 46.4 Å². The van der Waals surface area contributed by atoms with Gasteiger partial charge in [0, 0.05) is 12.8 Å². The first-order valence-electron chi connectivity index (χ1n) is 6.81. The van der Waals surface area contributed by atoms with Gasteiger partial charge in [0.25, 0.3) is 0 Å². The Hall–Kier alpha value is -0.430. The van der Waals surface area contributed by atoms with Crippen LogP contribution in [0.15, 0.2) is 6.20 Å². The molecule has 0 unspecified atom stereocenters. The number of ether oxygens (including phenoxy) is 1. The Morgan fingerprint density at radius 1 is 1.32 bits per heavy atom. The van der Waals surface area contributed by atoms with Crippen LogP contribution in [-0.2, 0) is 10.3 Å². The highest BCUT2D eigenvalue weighted by Gasteiger charge is 2.42. The smallest absolute Gasteiger partial charge is 0.162 e. The summed E-state index contributed by atoms with van der Waals surface area (Å²) >= 11 is 2.15. The quantitative estimate of drug-likeness (QED) is 0.822. The van der Waals surface area contributed by atoms with Crippen LogP contribution in [0.4, 0.5) is 5.82 Å². The van der Waals surface area contributed by atoms with Crippen LogP contribution in [0.1, 0.15) is 52.3 Å². The maximum absolute atomic E-state index is 6.06. The van der Waals surface area contributed by atoms with Gasteiger partial charge in [0.2, 0.25) is 0 Å². The summed E-state index contributed by atoms with van der Waals surface area (Å²) in [6, 6.07) is 0. The number of hydrogen-bond donors (Lipinski definition) is 1. The van der Waals surface area contributed by atoms with Crippen LogP contribution < -0.4 is 5.73 Å². The molecule has 1 aromatic rings. The van der Waals surface area contributed by atoms with Crippen LogP contribution in [0.25, 0.3) is 0 Å². The zero-order chi connectivity index (χ0) is 14.1. The van der Waals surface area contributed by atoms with Gasteiger partial charge in [-0.3, -0.25) is 0 Å². The summed E-state index contributed by atoms with van der Waals surface area (Å²) in [5.74, 6) is 1.30. The molecule has 0 aliphatic heterocycles. The highest BCUT2D eigenvalue weighted by Crippen LogP contribution is 2.46. The number of halogens is 1. The van der Waals surface area contributed by atoms with Gasteiger partial charge >= 0.3 is 0 Å². The summed E-state index contributed by atoms with van der Waals surface area (Å²) in [6.07, 6.45) is 5.98. The summed E-state index contributed by atoms with van der Waals surface area (Å²) in [7, 11) is 0. The number of nitrogens with zero attached hydrogens (tertiary/aromatic N) is 2. The Balaban J connectivity index is 2.31. The van der Waals surface area contributed by atoms with Crippen molar-refractivity contribution in [3.8, 4) is 0 Å². The molecular formula is C14H22IN3O. The van der Waals surface area contributed by atoms with Crippen molar-refractivity contribution in [1.82, 2.24) is 9.97 Å². The maximum Gasteiger partial charge on any atom is 0.162 e. The fourth-order valence-electron chi connectivity index (χ4n) is 2.64. The van der Waals surface area contributed by atoms with Gasteiger partial charge in [0.05, 0.1) is 3.57 Å². The van der Waals surface area contributed by atoms with Gasteiger partial charge in [-0.25, -0.2) is 9.97 Å². The second kappa shape index (κ2) is 5.52. The zero-order valence-electron chi connectivity index (χ0n) is 11.9. The standard InChI is InChI=1S/C14H22IN3O/c1-4-19-14(7-5-13(2,3)6-8-14)12-17-9-10(15)11(16)18-12/h9H,4-8H2,1-3H3,(H2,16,17,18). The molecule has 1 aliphatic rings. The van der Waals surface area contributed by atoms with Gasteiger partial charge in [-0.15, -0.1) is 0 Å². The Kier molecular flexibility index (Phi) is 4.35. The van der Waals surface area contributed by atoms with E-state index in [9.17, 15) is 0 Å². The lowest BCUT2D eigenvalue weighted by molar-refractivity contribution is -0.0947. The summed E-state index contributed by atoms with van der Waals surface area (Å²) in [6.45, 7) is 7.32. The molecule has 106 valence electrons. The SMILES string of the molecule is CCOC1(c2ncc(I)c(N)n2)CCC(C)(C)CC1. The fourth-order valence-corrected chi connectivity index (χ4v) is 2.90. The minimum Gasteiger partial charge on any atom is -0.383 e. The first kappa shape index (κ1) is 15.0. The minimum atomic E-state index is -0.345. The molecule has 4 nitrogen and oxygen atoms in total. The molecule has 1 aliphatic carbocycles. The van der Waals surface area contributed by atoms with E-state index in [1.165, 1.54) is 0 Å². The highest BCUT2D eigenvalue weighted by molar-refractivity contribution is 14.1. The molecule has 19 heavy (non-hydrogen) atoms. The van der Waals surface area contributed by atoms with E-state index in [1.807, 2.05) is 6.92 Å². The molecule has 2 N–H and O–H groups in total. The Morgan fingerprint density at radius 3 is 2.47 bits per heavy atom. The molecule has 2 rings (SSSR count). The fraction of sp³-hybridized carbons (Fsp3) is 0.714. The molecule has 0 aromatic carbocycles.